The molecule has 0 fully saturated rings. The molecule has 32 heavy (non-hydrogen) atoms. The highest BCUT2D eigenvalue weighted by Gasteiger charge is 2.29. The van der Waals surface area contributed by atoms with Crippen molar-refractivity contribution in [2.45, 2.75) is 6.54 Å². The summed E-state index contributed by atoms with van der Waals surface area (Å²) < 4.78 is 0. The largest absolute Gasteiger partial charge is 0.355 e. The van der Waals surface area contributed by atoms with Gasteiger partial charge in [-0.15, -0.1) is 0 Å². The maximum Gasteiger partial charge on any atom is 0.258 e. The summed E-state index contributed by atoms with van der Waals surface area (Å²) in [6.07, 6.45) is 0. The topological polar surface area (TPSA) is 73.5 Å². The first-order valence-electron chi connectivity index (χ1n) is 10.4. The second-order valence-electron chi connectivity index (χ2n) is 7.97. The number of nitrogens with one attached hydrogen (secondary N) is 3. The van der Waals surface area contributed by atoms with Crippen LogP contribution in [-0.4, -0.2) is 37.9 Å². The van der Waals surface area contributed by atoms with Crippen LogP contribution in [0.25, 0.3) is 11.3 Å². The van der Waals surface area contributed by atoms with Crippen molar-refractivity contribution < 1.29 is 9.59 Å². The second-order valence-corrected chi connectivity index (χ2v) is 7.97. The lowest BCUT2D eigenvalue weighted by Crippen LogP contribution is -2.17. The van der Waals surface area contributed by atoms with E-state index in [-0.39, 0.29) is 11.8 Å². The van der Waals surface area contributed by atoms with Gasteiger partial charge in [0, 0.05) is 36.1 Å². The number of amides is 2. The van der Waals surface area contributed by atoms with Gasteiger partial charge in [-0.3, -0.25) is 9.59 Å². The van der Waals surface area contributed by atoms with Gasteiger partial charge in [-0.2, -0.15) is 0 Å². The number of benzene rings is 3. The SMILES string of the molecule is CNC(=O)c1ccc2c(c1)C(=C(Nc1ccc(CN(C)C)cc1)c1ccccc1)C(=O)N2. The number of hydrogen-bond acceptors (Lipinski definition) is 4. The molecule has 4 rings (SSSR count). The van der Waals surface area contributed by atoms with Gasteiger partial charge in [0.2, 0.25) is 0 Å². The van der Waals surface area contributed by atoms with Crippen LogP contribution in [0, 0.1) is 0 Å². The number of rotatable bonds is 6. The quantitative estimate of drug-likeness (QED) is 0.520. The molecule has 0 unspecified atom stereocenters. The van der Waals surface area contributed by atoms with Crippen LogP contribution in [0.5, 0.6) is 0 Å². The summed E-state index contributed by atoms with van der Waals surface area (Å²) in [6, 6.07) is 23.1. The van der Waals surface area contributed by atoms with Gasteiger partial charge in [-0.25, -0.2) is 0 Å². The fraction of sp³-hybridized carbons (Fsp3) is 0.154. The number of carbonyl (C=O) groups is 2. The Morgan fingerprint density at radius 2 is 1.66 bits per heavy atom. The van der Waals surface area contributed by atoms with Crippen LogP contribution in [0.2, 0.25) is 0 Å². The molecule has 1 aliphatic rings. The number of fused-ring (bicyclic) bond motifs is 1. The van der Waals surface area contributed by atoms with Crippen LogP contribution in [0.15, 0.2) is 72.8 Å². The summed E-state index contributed by atoms with van der Waals surface area (Å²) in [5.41, 5.74) is 6.05. The Balaban J connectivity index is 1.81. The normalized spacial score (nSPS) is 14.1. The Morgan fingerprint density at radius 1 is 0.938 bits per heavy atom. The van der Waals surface area contributed by atoms with E-state index in [0.717, 1.165) is 17.8 Å². The lowest BCUT2D eigenvalue weighted by molar-refractivity contribution is -0.110. The molecule has 0 aliphatic carbocycles. The minimum absolute atomic E-state index is 0.197. The van der Waals surface area contributed by atoms with E-state index in [1.165, 1.54) is 5.56 Å². The summed E-state index contributed by atoms with van der Waals surface area (Å²) in [4.78, 5) is 27.4. The minimum atomic E-state index is -0.204. The molecule has 0 aromatic heterocycles. The summed E-state index contributed by atoms with van der Waals surface area (Å²) in [5, 5.41) is 9.02. The molecule has 1 aliphatic heterocycles. The Labute approximate surface area is 188 Å². The molecule has 162 valence electrons. The molecule has 6 heteroatoms. The Kier molecular flexibility index (Phi) is 6.05. The van der Waals surface area contributed by atoms with E-state index < -0.39 is 0 Å². The van der Waals surface area contributed by atoms with E-state index in [1.807, 2.05) is 56.6 Å². The molecule has 0 bridgehead atoms. The monoisotopic (exact) mass is 426 g/mol. The van der Waals surface area contributed by atoms with Crippen molar-refractivity contribution in [2.24, 2.45) is 0 Å². The standard InChI is InChI=1S/C26H26N4O2/c1-27-25(31)19-11-14-22-21(15-19)23(26(32)29-22)24(18-7-5-4-6-8-18)28-20-12-9-17(10-13-20)16-30(2)3/h4-15,28H,16H2,1-3H3,(H,27,31)(H,29,32). The zero-order valence-electron chi connectivity index (χ0n) is 18.4. The molecule has 0 atom stereocenters. The summed E-state index contributed by atoms with van der Waals surface area (Å²) in [7, 11) is 5.66. The Bertz CT molecular complexity index is 1180. The van der Waals surface area contributed by atoms with Gasteiger partial charge in [-0.05, 0) is 55.6 Å². The molecule has 2 amide bonds. The highest BCUT2D eigenvalue weighted by molar-refractivity contribution is 6.37. The molecule has 3 N–H and O–H groups in total. The third kappa shape index (κ3) is 4.40. The summed E-state index contributed by atoms with van der Waals surface area (Å²) >= 11 is 0. The molecule has 1 heterocycles. The molecule has 0 saturated heterocycles. The third-order valence-electron chi connectivity index (χ3n) is 5.29. The average Bonchev–Trinajstić information content (AvgIpc) is 3.13. The van der Waals surface area contributed by atoms with Crippen molar-refractivity contribution in [2.75, 3.05) is 31.8 Å². The number of nitrogens with zero attached hydrogens (tertiary/aromatic N) is 1. The van der Waals surface area contributed by atoms with Gasteiger partial charge in [0.15, 0.2) is 0 Å². The van der Waals surface area contributed by atoms with Crippen LogP contribution in [0.3, 0.4) is 0 Å². The van der Waals surface area contributed by atoms with Gasteiger partial charge in [0.25, 0.3) is 11.8 Å². The van der Waals surface area contributed by atoms with Crippen LogP contribution >= 0.6 is 0 Å². The van der Waals surface area contributed by atoms with Gasteiger partial charge in [0.1, 0.15) is 0 Å². The number of carbonyl (C=O) groups excluding carboxylic acids is 2. The van der Waals surface area contributed by atoms with E-state index in [9.17, 15) is 9.59 Å². The lowest BCUT2D eigenvalue weighted by atomic mass is 9.98. The highest BCUT2D eigenvalue weighted by Crippen LogP contribution is 2.38. The second kappa shape index (κ2) is 9.08. The van der Waals surface area contributed by atoms with Gasteiger partial charge >= 0.3 is 0 Å². The molecule has 0 saturated carbocycles. The van der Waals surface area contributed by atoms with Crippen LogP contribution < -0.4 is 16.0 Å². The van der Waals surface area contributed by atoms with Crippen molar-refractivity contribution >= 4 is 34.5 Å². The van der Waals surface area contributed by atoms with Crippen molar-refractivity contribution in [3.05, 3.63) is 95.1 Å². The van der Waals surface area contributed by atoms with E-state index in [0.29, 0.717) is 28.1 Å². The van der Waals surface area contributed by atoms with Gasteiger partial charge < -0.3 is 20.9 Å². The van der Waals surface area contributed by atoms with E-state index >= 15 is 0 Å². The first kappa shape index (κ1) is 21.3. The number of hydrogen-bond donors (Lipinski definition) is 3. The molecule has 0 spiro atoms. The lowest BCUT2D eigenvalue weighted by Gasteiger charge is -2.16. The summed E-state index contributed by atoms with van der Waals surface area (Å²) in [6.45, 7) is 0.852. The predicted octanol–water partition coefficient (Wildman–Crippen LogP) is 4.04. The van der Waals surface area contributed by atoms with Crippen molar-refractivity contribution in [3.8, 4) is 0 Å². The van der Waals surface area contributed by atoms with Gasteiger partial charge in [0.05, 0.1) is 11.3 Å². The summed E-state index contributed by atoms with van der Waals surface area (Å²) in [5.74, 6) is -0.401. The van der Waals surface area contributed by atoms with Crippen LogP contribution in [-0.2, 0) is 11.3 Å². The number of anilines is 2. The smallest absolute Gasteiger partial charge is 0.258 e. The molecule has 3 aromatic rings. The Hall–Kier alpha value is -3.90. The third-order valence-corrected chi connectivity index (χ3v) is 5.29. The first-order chi connectivity index (χ1) is 15.5. The minimum Gasteiger partial charge on any atom is -0.355 e. The van der Waals surface area contributed by atoms with Crippen LogP contribution in [0.1, 0.15) is 27.0 Å². The fourth-order valence-corrected chi connectivity index (χ4v) is 3.79. The zero-order chi connectivity index (χ0) is 22.7. The van der Waals surface area contributed by atoms with E-state index in [4.69, 9.17) is 0 Å². The highest BCUT2D eigenvalue weighted by atomic mass is 16.2. The first-order valence-corrected chi connectivity index (χ1v) is 10.4. The van der Waals surface area contributed by atoms with Gasteiger partial charge in [-0.1, -0.05) is 42.5 Å². The van der Waals surface area contributed by atoms with Crippen molar-refractivity contribution in [1.29, 1.82) is 0 Å². The fourth-order valence-electron chi connectivity index (χ4n) is 3.79. The van der Waals surface area contributed by atoms with E-state index in [2.05, 4.69) is 33.0 Å². The van der Waals surface area contributed by atoms with E-state index in [1.54, 1.807) is 25.2 Å². The van der Waals surface area contributed by atoms with Crippen molar-refractivity contribution in [1.82, 2.24) is 10.2 Å². The van der Waals surface area contributed by atoms with Crippen LogP contribution in [0.4, 0.5) is 11.4 Å². The zero-order valence-corrected chi connectivity index (χ0v) is 18.4. The molecule has 3 aromatic carbocycles. The predicted molar refractivity (Wildman–Crippen MR) is 129 cm³/mol. The molecule has 0 radical (unpaired) electrons. The van der Waals surface area contributed by atoms with Crippen molar-refractivity contribution in [3.63, 3.8) is 0 Å². The maximum atomic E-state index is 13.0. The molecular formula is C26H26N4O2. The molecule has 6 nitrogen and oxygen atoms in total. The molecular weight excluding hydrogens is 400 g/mol. The maximum absolute atomic E-state index is 13.0. The average molecular weight is 427 g/mol. The Morgan fingerprint density at radius 3 is 2.31 bits per heavy atom.